The third-order valence-corrected chi connectivity index (χ3v) is 5.38. The Morgan fingerprint density at radius 1 is 1.18 bits per heavy atom. The van der Waals surface area contributed by atoms with Gasteiger partial charge in [-0.3, -0.25) is 14.5 Å². The Balaban J connectivity index is 3.32. The highest BCUT2D eigenvalue weighted by Gasteiger charge is 2.36. The molecule has 0 spiro atoms. The number of thiol groups is 1. The number of hydrogen-bond donors (Lipinski definition) is 3. The first-order chi connectivity index (χ1) is 15.3. The molecule has 1 aromatic rings. The third kappa shape index (κ3) is 8.65. The molecule has 0 bridgehead atoms. The molecule has 8 heteroatoms. The zero-order chi connectivity index (χ0) is 25.3. The van der Waals surface area contributed by atoms with Crippen molar-refractivity contribution < 1.29 is 19.1 Å². The minimum absolute atomic E-state index is 0.0240. The van der Waals surface area contributed by atoms with Crippen LogP contribution in [0.2, 0.25) is 0 Å². The van der Waals surface area contributed by atoms with Crippen LogP contribution in [0.25, 0.3) is 0 Å². The van der Waals surface area contributed by atoms with Crippen LogP contribution in [0.3, 0.4) is 0 Å². The van der Waals surface area contributed by atoms with Gasteiger partial charge in [0.05, 0.1) is 0 Å². The summed E-state index contributed by atoms with van der Waals surface area (Å²) < 4.78 is 5.25. The molecule has 0 saturated heterocycles. The van der Waals surface area contributed by atoms with Crippen molar-refractivity contribution in [1.82, 2.24) is 15.5 Å². The van der Waals surface area contributed by atoms with Crippen molar-refractivity contribution in [3.05, 3.63) is 34.9 Å². The molecule has 0 aromatic heterocycles. The zero-order valence-electron chi connectivity index (χ0n) is 20.7. The molecule has 0 heterocycles. The van der Waals surface area contributed by atoms with Gasteiger partial charge in [0.15, 0.2) is 0 Å². The first kappa shape index (κ1) is 28.4. The highest BCUT2D eigenvalue weighted by molar-refractivity contribution is 7.80. The summed E-state index contributed by atoms with van der Waals surface area (Å²) in [6, 6.07) is 5.64. The van der Waals surface area contributed by atoms with Gasteiger partial charge >= 0.3 is 6.09 Å². The highest BCUT2D eigenvalue weighted by Crippen LogP contribution is 2.25. The fraction of sp³-hybridized carbons (Fsp3) is 0.560. The van der Waals surface area contributed by atoms with E-state index in [2.05, 4.69) is 29.3 Å². The van der Waals surface area contributed by atoms with Crippen LogP contribution in [0.4, 0.5) is 4.79 Å². The van der Waals surface area contributed by atoms with E-state index in [0.29, 0.717) is 5.56 Å². The van der Waals surface area contributed by atoms with E-state index in [4.69, 9.17) is 11.2 Å². The lowest BCUT2D eigenvalue weighted by molar-refractivity contribution is -0.138. The number of rotatable bonds is 9. The first-order valence-electron chi connectivity index (χ1n) is 11.1. The smallest absolute Gasteiger partial charge is 0.408 e. The molecule has 33 heavy (non-hydrogen) atoms. The molecule has 0 aliphatic heterocycles. The van der Waals surface area contributed by atoms with Crippen LogP contribution in [0.1, 0.15) is 70.2 Å². The largest absolute Gasteiger partial charge is 0.444 e. The Morgan fingerprint density at radius 2 is 1.82 bits per heavy atom. The number of alkyl carbamates (subject to hydrolysis) is 1. The van der Waals surface area contributed by atoms with Gasteiger partial charge in [-0.25, -0.2) is 4.79 Å². The monoisotopic (exact) mass is 475 g/mol. The molecule has 1 aromatic carbocycles. The predicted molar refractivity (Wildman–Crippen MR) is 134 cm³/mol. The quantitative estimate of drug-likeness (QED) is 0.287. The summed E-state index contributed by atoms with van der Waals surface area (Å²) >= 11 is 4.21. The Bertz CT molecular complexity index is 889. The zero-order valence-corrected chi connectivity index (χ0v) is 21.6. The molecule has 0 aliphatic carbocycles. The van der Waals surface area contributed by atoms with Crippen molar-refractivity contribution in [2.75, 3.05) is 5.75 Å². The van der Waals surface area contributed by atoms with Crippen molar-refractivity contribution in [2.45, 2.75) is 85.0 Å². The molecule has 0 radical (unpaired) electrons. The third-order valence-electron chi connectivity index (χ3n) is 5.01. The summed E-state index contributed by atoms with van der Waals surface area (Å²) in [6.45, 7) is 13.0. The van der Waals surface area contributed by atoms with E-state index in [1.165, 1.54) is 0 Å². The van der Waals surface area contributed by atoms with Gasteiger partial charge in [0.1, 0.15) is 17.7 Å². The maximum atomic E-state index is 13.4. The number of hydrogen-bond acceptors (Lipinski definition) is 5. The van der Waals surface area contributed by atoms with E-state index < -0.39 is 29.7 Å². The van der Waals surface area contributed by atoms with Crippen LogP contribution >= 0.6 is 12.6 Å². The normalized spacial score (nSPS) is 13.8. The fourth-order valence-electron chi connectivity index (χ4n) is 3.25. The average Bonchev–Trinajstić information content (AvgIpc) is 2.70. The maximum absolute atomic E-state index is 13.4. The summed E-state index contributed by atoms with van der Waals surface area (Å²) in [5.41, 5.74) is 1.86. The van der Waals surface area contributed by atoms with Crippen LogP contribution in [0.5, 0.6) is 0 Å². The number of carbonyl (C=O) groups excluding carboxylic acids is 3. The molecular formula is C25H37N3O4S. The molecule has 7 nitrogen and oxygen atoms in total. The number of nitrogens with zero attached hydrogens (tertiary/aromatic N) is 1. The fourth-order valence-corrected chi connectivity index (χ4v) is 3.50. The topological polar surface area (TPSA) is 87.7 Å². The van der Waals surface area contributed by atoms with E-state index in [0.717, 1.165) is 28.9 Å². The number of carbonyl (C=O) groups is 3. The highest BCUT2D eigenvalue weighted by atomic mass is 32.1. The summed E-state index contributed by atoms with van der Waals surface area (Å²) in [5, 5.41) is 5.46. The minimum atomic E-state index is -1.07. The van der Waals surface area contributed by atoms with Crippen molar-refractivity contribution in [2.24, 2.45) is 0 Å². The number of benzene rings is 1. The summed E-state index contributed by atoms with van der Waals surface area (Å²) in [5.74, 6) is -1.04. The van der Waals surface area contributed by atoms with Crippen LogP contribution in [-0.2, 0) is 14.3 Å². The Labute approximate surface area is 203 Å². The Kier molecular flexibility index (Phi) is 10.8. The summed E-state index contributed by atoms with van der Waals surface area (Å²) in [7, 11) is 0. The van der Waals surface area contributed by atoms with Gasteiger partial charge in [-0.1, -0.05) is 38.0 Å². The van der Waals surface area contributed by atoms with E-state index in [1.807, 2.05) is 39.8 Å². The average molecular weight is 476 g/mol. The molecule has 0 fully saturated rings. The molecule has 2 N–H and O–H groups in total. The molecular weight excluding hydrogens is 438 g/mol. The SMILES string of the molecule is C#CN(C(=O)C(CS)NC(=O)OC(C)(C)C)C(C(=O)NC(C)CCC)c1ccc(C)c(C)c1. The van der Waals surface area contributed by atoms with E-state index in [9.17, 15) is 14.4 Å². The lowest BCUT2D eigenvalue weighted by Crippen LogP contribution is -2.52. The van der Waals surface area contributed by atoms with Crippen LogP contribution in [0, 0.1) is 26.3 Å². The first-order valence-corrected chi connectivity index (χ1v) is 11.7. The van der Waals surface area contributed by atoms with Crippen molar-refractivity contribution >= 4 is 30.5 Å². The van der Waals surface area contributed by atoms with Gasteiger partial charge in [0, 0.05) is 17.8 Å². The predicted octanol–water partition coefficient (Wildman–Crippen LogP) is 3.89. The Morgan fingerprint density at radius 3 is 2.30 bits per heavy atom. The number of amides is 3. The van der Waals surface area contributed by atoms with Gasteiger partial charge in [0.2, 0.25) is 5.91 Å². The lowest BCUT2D eigenvalue weighted by atomic mass is 9.98. The molecule has 3 atom stereocenters. The summed E-state index contributed by atoms with van der Waals surface area (Å²) in [6.07, 6.45) is 6.65. The molecule has 3 unspecified atom stereocenters. The second-order valence-electron chi connectivity index (χ2n) is 9.16. The minimum Gasteiger partial charge on any atom is -0.444 e. The second-order valence-corrected chi connectivity index (χ2v) is 9.53. The standard InChI is InChI=1S/C25H37N3O4S/c1-9-11-18(5)26-22(29)21(19-13-12-16(3)17(4)14-19)28(10-2)23(30)20(15-33)27-24(31)32-25(6,7)8/h2,12-14,18,20-21,33H,9,11,15H2,1,3-8H3,(H,26,29)(H,27,31). The van der Waals surface area contributed by atoms with Crippen LogP contribution < -0.4 is 10.6 Å². The molecule has 0 aliphatic rings. The maximum Gasteiger partial charge on any atom is 0.408 e. The van der Waals surface area contributed by atoms with Crippen molar-refractivity contribution in [3.63, 3.8) is 0 Å². The number of nitrogens with one attached hydrogen (secondary N) is 2. The van der Waals surface area contributed by atoms with Gasteiger partial charge in [-0.2, -0.15) is 12.6 Å². The number of ether oxygens (including phenoxy) is 1. The second kappa shape index (κ2) is 12.5. The molecule has 3 amide bonds. The Hall–Kier alpha value is -2.66. The molecule has 1 rings (SSSR count). The van der Waals surface area contributed by atoms with Crippen LogP contribution in [0.15, 0.2) is 18.2 Å². The number of aryl methyl sites for hydroxylation is 2. The van der Waals surface area contributed by atoms with Gasteiger partial charge in [-0.15, -0.1) is 0 Å². The van der Waals surface area contributed by atoms with Crippen molar-refractivity contribution in [3.8, 4) is 12.5 Å². The van der Waals surface area contributed by atoms with Gasteiger partial charge in [-0.05, 0) is 64.7 Å². The van der Waals surface area contributed by atoms with E-state index in [1.54, 1.807) is 26.8 Å². The van der Waals surface area contributed by atoms with Crippen LogP contribution in [-0.4, -0.2) is 46.2 Å². The number of terminal acetylenes is 1. The molecule has 0 saturated carbocycles. The summed E-state index contributed by atoms with van der Waals surface area (Å²) in [4.78, 5) is 40.0. The lowest BCUT2D eigenvalue weighted by Gasteiger charge is -2.31. The molecule has 182 valence electrons. The van der Waals surface area contributed by atoms with Crippen molar-refractivity contribution in [1.29, 1.82) is 0 Å². The van der Waals surface area contributed by atoms with Gasteiger partial charge < -0.3 is 15.4 Å². The van der Waals surface area contributed by atoms with E-state index >= 15 is 0 Å². The van der Waals surface area contributed by atoms with Gasteiger partial charge in [0.25, 0.3) is 5.91 Å². The van der Waals surface area contributed by atoms with E-state index in [-0.39, 0.29) is 17.7 Å².